The summed E-state index contributed by atoms with van der Waals surface area (Å²) in [4.78, 5) is 15.2. The lowest BCUT2D eigenvalue weighted by molar-refractivity contribution is -0.121. The third-order valence-electron chi connectivity index (χ3n) is 2.51. The second kappa shape index (κ2) is 2.95. The fraction of sp³-hybridized carbons (Fsp3) is 0.0909. The Hall–Kier alpha value is -2.10. The van der Waals surface area contributed by atoms with Crippen molar-refractivity contribution >= 4 is 24.5 Å². The number of fused-ring (bicyclic) bond motifs is 2. The molecule has 1 atom stereocenters. The van der Waals surface area contributed by atoms with Gasteiger partial charge in [-0.1, -0.05) is 24.3 Å². The van der Waals surface area contributed by atoms with E-state index in [4.69, 9.17) is 0 Å². The predicted octanol–water partition coefficient (Wildman–Crippen LogP) is -1.02. The Labute approximate surface area is 86.2 Å². The van der Waals surface area contributed by atoms with Crippen LogP contribution in [-0.4, -0.2) is 23.3 Å². The lowest BCUT2D eigenvalue weighted by Crippen LogP contribution is -2.49. The zero-order valence-corrected chi connectivity index (χ0v) is 7.87. The Bertz CT molecular complexity index is 561. The highest BCUT2D eigenvalue weighted by Crippen LogP contribution is 2.07. The monoisotopic (exact) mass is 198 g/mol. The van der Waals surface area contributed by atoms with E-state index in [1.807, 2.05) is 36.5 Å². The molecule has 1 radical (unpaired) electrons. The molecule has 15 heavy (non-hydrogen) atoms. The van der Waals surface area contributed by atoms with Crippen molar-refractivity contribution in [3.8, 4) is 0 Å². The summed E-state index contributed by atoms with van der Waals surface area (Å²) in [6.45, 7) is 0. The molecule has 1 aromatic rings. The number of hydrogen-bond acceptors (Lipinski definition) is 2. The summed E-state index contributed by atoms with van der Waals surface area (Å²) in [5.74, 6) is -0.171. The maximum absolute atomic E-state index is 11.5. The van der Waals surface area contributed by atoms with Gasteiger partial charge in [-0.25, -0.2) is 0 Å². The van der Waals surface area contributed by atoms with Gasteiger partial charge in [-0.05, 0) is 16.5 Å². The highest BCUT2D eigenvalue weighted by atomic mass is 16.2. The standard InChI is InChI=1S/C11H8N3O/c15-11-10-5-8-3-1-2-4-9(8)6-14(10)13-7-12-11/h1-7,10H. The van der Waals surface area contributed by atoms with Crippen LogP contribution >= 0.6 is 0 Å². The molecule has 4 nitrogen and oxygen atoms in total. The molecule has 0 spiro atoms. The fourth-order valence-electron chi connectivity index (χ4n) is 1.76. The maximum atomic E-state index is 11.5. The lowest BCUT2D eigenvalue weighted by Gasteiger charge is -2.27. The van der Waals surface area contributed by atoms with Crippen molar-refractivity contribution in [3.05, 3.63) is 34.7 Å². The van der Waals surface area contributed by atoms with Crippen LogP contribution in [0.2, 0.25) is 0 Å². The summed E-state index contributed by atoms with van der Waals surface area (Å²) in [7, 11) is 0. The second-order valence-electron chi connectivity index (χ2n) is 3.45. The molecule has 0 saturated heterocycles. The zero-order chi connectivity index (χ0) is 10.3. The molecule has 3 rings (SSSR count). The first-order chi connectivity index (χ1) is 7.34. The van der Waals surface area contributed by atoms with Crippen molar-refractivity contribution in [2.45, 2.75) is 6.04 Å². The molecule has 0 N–H and O–H groups in total. The molecule has 4 heteroatoms. The van der Waals surface area contributed by atoms with E-state index in [0.29, 0.717) is 0 Å². The van der Waals surface area contributed by atoms with E-state index in [1.54, 1.807) is 5.01 Å². The third kappa shape index (κ3) is 1.22. The number of aliphatic imine (C=N–C) groups is 1. The topological polar surface area (TPSA) is 46.8 Å². The van der Waals surface area contributed by atoms with E-state index in [1.165, 1.54) is 6.34 Å². The van der Waals surface area contributed by atoms with Crippen molar-refractivity contribution < 1.29 is 4.79 Å². The largest absolute Gasteiger partial charge is 0.276 e. The van der Waals surface area contributed by atoms with E-state index in [2.05, 4.69) is 10.4 Å². The van der Waals surface area contributed by atoms with Gasteiger partial charge in [0.1, 0.15) is 6.34 Å². The number of hydrogen-bond donors (Lipinski definition) is 0. The Morgan fingerprint density at radius 3 is 2.87 bits per heavy atom. The Balaban J connectivity index is 2.22. The van der Waals surface area contributed by atoms with Gasteiger partial charge in [0.05, 0.1) is 0 Å². The first-order valence-corrected chi connectivity index (χ1v) is 4.69. The maximum Gasteiger partial charge on any atom is 0.276 e. The second-order valence-corrected chi connectivity index (χ2v) is 3.45. The molecular weight excluding hydrogens is 190 g/mol. The quantitative estimate of drug-likeness (QED) is 0.535. The molecule has 1 aromatic carbocycles. The predicted molar refractivity (Wildman–Crippen MR) is 55.9 cm³/mol. The van der Waals surface area contributed by atoms with Gasteiger partial charge >= 0.3 is 0 Å². The van der Waals surface area contributed by atoms with Crippen LogP contribution in [0.1, 0.15) is 0 Å². The SMILES string of the molecule is O=C1N=C[N]N2C=c3ccccc3=CC12. The first-order valence-electron chi connectivity index (χ1n) is 4.69. The van der Waals surface area contributed by atoms with Gasteiger partial charge in [-0.3, -0.25) is 9.80 Å². The van der Waals surface area contributed by atoms with Crippen molar-refractivity contribution in [2.75, 3.05) is 0 Å². The first kappa shape index (κ1) is 8.23. The minimum atomic E-state index is -0.370. The summed E-state index contributed by atoms with van der Waals surface area (Å²) in [5.41, 5.74) is 4.03. The zero-order valence-electron chi connectivity index (χ0n) is 7.87. The summed E-state index contributed by atoms with van der Waals surface area (Å²) >= 11 is 0. The molecule has 2 heterocycles. The third-order valence-corrected chi connectivity index (χ3v) is 2.51. The molecule has 0 bridgehead atoms. The Morgan fingerprint density at radius 2 is 2.00 bits per heavy atom. The van der Waals surface area contributed by atoms with E-state index in [9.17, 15) is 4.79 Å². The minimum Gasteiger partial charge on any atom is -0.270 e. The van der Waals surface area contributed by atoms with Crippen molar-refractivity contribution in [2.24, 2.45) is 4.99 Å². The molecule has 0 fully saturated rings. The van der Waals surface area contributed by atoms with Crippen molar-refractivity contribution in [1.82, 2.24) is 10.4 Å². The minimum absolute atomic E-state index is 0.171. The summed E-state index contributed by atoms with van der Waals surface area (Å²) in [5, 5.41) is 3.76. The Kier molecular flexibility index (Phi) is 1.62. The van der Waals surface area contributed by atoms with Gasteiger partial charge in [-0.2, -0.15) is 10.4 Å². The molecule has 1 unspecified atom stereocenters. The van der Waals surface area contributed by atoms with Gasteiger partial charge in [0.25, 0.3) is 5.91 Å². The van der Waals surface area contributed by atoms with Crippen LogP contribution in [0.3, 0.4) is 0 Å². The molecule has 0 aromatic heterocycles. The number of carbonyl (C=O) groups is 1. The van der Waals surface area contributed by atoms with Crippen LogP contribution in [-0.2, 0) is 4.79 Å². The van der Waals surface area contributed by atoms with Crippen LogP contribution in [0.15, 0.2) is 29.3 Å². The molecule has 0 saturated carbocycles. The van der Waals surface area contributed by atoms with Gasteiger partial charge < -0.3 is 0 Å². The van der Waals surface area contributed by atoms with Gasteiger partial charge in [0.2, 0.25) is 0 Å². The van der Waals surface area contributed by atoms with E-state index in [0.717, 1.165) is 10.4 Å². The van der Waals surface area contributed by atoms with Crippen LogP contribution < -0.4 is 15.9 Å². The van der Waals surface area contributed by atoms with E-state index < -0.39 is 0 Å². The van der Waals surface area contributed by atoms with Gasteiger partial charge in [0.15, 0.2) is 6.04 Å². The number of carbonyl (C=O) groups excluding carboxylic acids is 1. The van der Waals surface area contributed by atoms with E-state index in [-0.39, 0.29) is 11.9 Å². The van der Waals surface area contributed by atoms with Gasteiger partial charge in [-0.15, -0.1) is 0 Å². The average Bonchev–Trinajstić information content (AvgIpc) is 2.27. The van der Waals surface area contributed by atoms with Crippen LogP contribution in [0, 0.1) is 0 Å². The van der Waals surface area contributed by atoms with Crippen LogP contribution in [0.4, 0.5) is 0 Å². The summed E-state index contributed by atoms with van der Waals surface area (Å²) in [6.07, 6.45) is 5.04. The Morgan fingerprint density at radius 1 is 1.20 bits per heavy atom. The lowest BCUT2D eigenvalue weighted by atomic mass is 10.1. The van der Waals surface area contributed by atoms with E-state index >= 15 is 0 Å². The molecule has 2 aliphatic heterocycles. The highest BCUT2D eigenvalue weighted by molar-refractivity contribution is 5.95. The molecule has 1 amide bonds. The highest BCUT2D eigenvalue weighted by Gasteiger charge is 2.26. The molecule has 73 valence electrons. The molecular formula is C11H8N3O. The normalized spacial score (nSPS) is 22.0. The van der Waals surface area contributed by atoms with Crippen molar-refractivity contribution in [1.29, 1.82) is 0 Å². The van der Waals surface area contributed by atoms with Crippen LogP contribution in [0.5, 0.6) is 0 Å². The summed E-state index contributed by atoms with van der Waals surface area (Å²) in [6, 6.07) is 7.52. The number of nitrogens with zero attached hydrogens (tertiary/aromatic N) is 3. The number of benzene rings is 1. The average molecular weight is 198 g/mol. The molecule has 0 aliphatic carbocycles. The fourth-order valence-corrected chi connectivity index (χ4v) is 1.76. The number of amides is 1. The van der Waals surface area contributed by atoms with Crippen molar-refractivity contribution in [3.63, 3.8) is 0 Å². The smallest absolute Gasteiger partial charge is 0.270 e. The van der Waals surface area contributed by atoms with Gasteiger partial charge in [0, 0.05) is 6.20 Å². The number of rotatable bonds is 0. The molecule has 2 aliphatic rings. The van der Waals surface area contributed by atoms with Crippen LogP contribution in [0.25, 0.3) is 12.3 Å². The summed E-state index contributed by atoms with van der Waals surface area (Å²) < 4.78 is 0.